The maximum atomic E-state index is 10.6. The Hall–Kier alpha value is -0.980. The van der Waals surface area contributed by atoms with Crippen molar-refractivity contribution in [3.05, 3.63) is 28.8 Å². The monoisotopic (exact) mass is 330 g/mol. The fourth-order valence-electron chi connectivity index (χ4n) is 4.29. The van der Waals surface area contributed by atoms with Gasteiger partial charge >= 0.3 is 0 Å². The summed E-state index contributed by atoms with van der Waals surface area (Å²) in [5, 5.41) is 10.6. The highest BCUT2D eigenvalue weighted by Gasteiger charge is 2.24. The van der Waals surface area contributed by atoms with Crippen LogP contribution in [0.15, 0.2) is 12.1 Å². The van der Waals surface area contributed by atoms with E-state index in [0.29, 0.717) is 23.5 Å². The molecule has 1 heteroatoms. The normalized spacial score (nSPS) is 21.6. The second-order valence-corrected chi connectivity index (χ2v) is 8.57. The second-order valence-electron chi connectivity index (χ2n) is 8.57. The highest BCUT2D eigenvalue weighted by atomic mass is 16.3. The molecule has 0 atom stereocenters. The first kappa shape index (κ1) is 19.3. The molecule has 136 valence electrons. The number of phenols is 1. The summed E-state index contributed by atoms with van der Waals surface area (Å²) in [5.74, 6) is 2.96. The van der Waals surface area contributed by atoms with E-state index in [2.05, 4.69) is 46.8 Å². The van der Waals surface area contributed by atoms with E-state index in [1.165, 1.54) is 56.9 Å². The van der Waals surface area contributed by atoms with Gasteiger partial charge in [0.05, 0.1) is 0 Å². The number of phenolic OH excluding ortho intramolecular Hbond substituents is 1. The van der Waals surface area contributed by atoms with Crippen molar-refractivity contribution in [1.82, 2.24) is 0 Å². The van der Waals surface area contributed by atoms with Crippen LogP contribution in [0.2, 0.25) is 0 Å². The van der Waals surface area contributed by atoms with Gasteiger partial charge < -0.3 is 5.11 Å². The molecule has 0 saturated heterocycles. The Kier molecular flexibility index (Phi) is 7.19. The molecule has 1 fully saturated rings. The molecule has 1 aromatic carbocycles. The van der Waals surface area contributed by atoms with Crippen molar-refractivity contribution in [2.45, 2.75) is 104 Å². The zero-order valence-electron chi connectivity index (χ0n) is 16.6. The Morgan fingerprint density at radius 3 is 1.92 bits per heavy atom. The third-order valence-corrected chi connectivity index (χ3v) is 5.97. The van der Waals surface area contributed by atoms with Gasteiger partial charge in [0.2, 0.25) is 0 Å². The minimum atomic E-state index is 0.382. The summed E-state index contributed by atoms with van der Waals surface area (Å²) >= 11 is 0. The third-order valence-electron chi connectivity index (χ3n) is 5.97. The first-order chi connectivity index (χ1) is 11.4. The van der Waals surface area contributed by atoms with E-state index in [9.17, 15) is 5.11 Å². The number of aromatic hydroxyl groups is 1. The Balaban J connectivity index is 2.10. The fourth-order valence-corrected chi connectivity index (χ4v) is 4.29. The minimum absolute atomic E-state index is 0.382. The topological polar surface area (TPSA) is 20.2 Å². The van der Waals surface area contributed by atoms with Crippen LogP contribution in [0.4, 0.5) is 0 Å². The summed E-state index contributed by atoms with van der Waals surface area (Å²) in [5.41, 5.74) is 3.76. The molecular formula is C23H38O. The van der Waals surface area contributed by atoms with Crippen LogP contribution in [-0.4, -0.2) is 5.11 Å². The lowest BCUT2D eigenvalue weighted by molar-refractivity contribution is 0.302. The summed E-state index contributed by atoms with van der Waals surface area (Å²) < 4.78 is 0. The van der Waals surface area contributed by atoms with E-state index in [0.717, 1.165) is 17.0 Å². The van der Waals surface area contributed by atoms with E-state index >= 15 is 0 Å². The van der Waals surface area contributed by atoms with Crippen molar-refractivity contribution < 1.29 is 5.11 Å². The van der Waals surface area contributed by atoms with E-state index in [-0.39, 0.29) is 0 Å². The predicted molar refractivity (Wildman–Crippen MR) is 105 cm³/mol. The van der Waals surface area contributed by atoms with Crippen LogP contribution in [0.25, 0.3) is 0 Å². The Labute approximate surface area is 149 Å². The molecule has 0 radical (unpaired) electrons. The molecular weight excluding hydrogens is 292 g/mol. The zero-order chi connectivity index (χ0) is 17.7. The molecule has 1 nitrogen and oxygen atoms in total. The standard InChI is InChI=1S/C23H38O/c1-6-7-8-9-18-10-12-19(13-11-18)20-14-21(16(2)3)23(24)22(15-20)17(4)5/h14-19,24H,6-13H2,1-5H3/t18-,19-. The first-order valence-electron chi connectivity index (χ1n) is 10.3. The summed E-state index contributed by atoms with van der Waals surface area (Å²) in [4.78, 5) is 0. The largest absolute Gasteiger partial charge is 0.507 e. The van der Waals surface area contributed by atoms with Gasteiger partial charge in [-0.25, -0.2) is 0 Å². The third kappa shape index (κ3) is 4.77. The van der Waals surface area contributed by atoms with Crippen molar-refractivity contribution in [1.29, 1.82) is 0 Å². The van der Waals surface area contributed by atoms with E-state index in [1.807, 2.05) is 0 Å². The maximum absolute atomic E-state index is 10.6. The molecule has 0 bridgehead atoms. The lowest BCUT2D eigenvalue weighted by atomic mass is 9.75. The molecule has 0 aromatic heterocycles. The summed E-state index contributed by atoms with van der Waals surface area (Å²) in [6.07, 6.45) is 11.0. The zero-order valence-corrected chi connectivity index (χ0v) is 16.6. The molecule has 0 spiro atoms. The van der Waals surface area contributed by atoms with E-state index < -0.39 is 0 Å². The average Bonchev–Trinajstić information content (AvgIpc) is 2.55. The average molecular weight is 331 g/mol. The molecule has 1 saturated carbocycles. The van der Waals surface area contributed by atoms with Crippen molar-refractivity contribution in [3.63, 3.8) is 0 Å². The van der Waals surface area contributed by atoms with Crippen molar-refractivity contribution >= 4 is 0 Å². The quantitative estimate of drug-likeness (QED) is 0.513. The molecule has 0 aliphatic heterocycles. The van der Waals surface area contributed by atoms with E-state index in [1.54, 1.807) is 0 Å². The van der Waals surface area contributed by atoms with Gasteiger partial charge in [-0.2, -0.15) is 0 Å². The Morgan fingerprint density at radius 2 is 1.46 bits per heavy atom. The van der Waals surface area contributed by atoms with Crippen LogP contribution < -0.4 is 0 Å². The highest BCUT2D eigenvalue weighted by Crippen LogP contribution is 2.42. The summed E-state index contributed by atoms with van der Waals surface area (Å²) in [6, 6.07) is 4.60. The van der Waals surface area contributed by atoms with Gasteiger partial charge in [-0.15, -0.1) is 0 Å². The van der Waals surface area contributed by atoms with Crippen molar-refractivity contribution in [2.24, 2.45) is 5.92 Å². The number of hydrogen-bond acceptors (Lipinski definition) is 1. The lowest BCUT2D eigenvalue weighted by Crippen LogP contribution is -2.14. The summed E-state index contributed by atoms with van der Waals surface area (Å²) in [6.45, 7) is 11.0. The van der Waals surface area contributed by atoms with Gasteiger partial charge in [0, 0.05) is 0 Å². The molecule has 1 aliphatic carbocycles. The number of benzene rings is 1. The van der Waals surface area contributed by atoms with Crippen molar-refractivity contribution in [2.75, 3.05) is 0 Å². The highest BCUT2D eigenvalue weighted by molar-refractivity contribution is 5.47. The van der Waals surface area contributed by atoms with Crippen LogP contribution in [0.1, 0.15) is 120 Å². The molecule has 0 unspecified atom stereocenters. The van der Waals surface area contributed by atoms with Crippen molar-refractivity contribution in [3.8, 4) is 5.75 Å². The van der Waals surface area contributed by atoms with Gasteiger partial charge in [-0.05, 0) is 66.0 Å². The van der Waals surface area contributed by atoms with Gasteiger partial charge in [0.1, 0.15) is 5.75 Å². The molecule has 1 aliphatic rings. The predicted octanol–water partition coefficient (Wildman–Crippen LogP) is 7.49. The fraction of sp³-hybridized carbons (Fsp3) is 0.739. The molecule has 24 heavy (non-hydrogen) atoms. The van der Waals surface area contributed by atoms with Crippen LogP contribution in [-0.2, 0) is 0 Å². The van der Waals surface area contributed by atoms with Crippen LogP contribution in [0.3, 0.4) is 0 Å². The van der Waals surface area contributed by atoms with Crippen LogP contribution in [0, 0.1) is 5.92 Å². The van der Waals surface area contributed by atoms with E-state index in [4.69, 9.17) is 0 Å². The smallest absolute Gasteiger partial charge is 0.122 e. The SMILES string of the molecule is CCCCC[C@H]1CC[C@H](c2cc(C(C)C)c(O)c(C(C)C)c2)CC1. The Bertz CT molecular complexity index is 478. The number of hydrogen-bond donors (Lipinski definition) is 1. The van der Waals surface area contributed by atoms with Gasteiger partial charge in [0.25, 0.3) is 0 Å². The number of unbranched alkanes of at least 4 members (excludes halogenated alkanes) is 2. The molecule has 1 N–H and O–H groups in total. The molecule has 0 heterocycles. The summed E-state index contributed by atoms with van der Waals surface area (Å²) in [7, 11) is 0. The Morgan fingerprint density at radius 1 is 0.917 bits per heavy atom. The lowest BCUT2D eigenvalue weighted by Gasteiger charge is -2.30. The molecule has 1 aromatic rings. The van der Waals surface area contributed by atoms with Crippen LogP contribution in [0.5, 0.6) is 5.75 Å². The second kappa shape index (κ2) is 8.92. The van der Waals surface area contributed by atoms with Gasteiger partial charge in [-0.3, -0.25) is 0 Å². The van der Waals surface area contributed by atoms with Crippen LogP contribution >= 0.6 is 0 Å². The van der Waals surface area contributed by atoms with Gasteiger partial charge in [0.15, 0.2) is 0 Å². The van der Waals surface area contributed by atoms with Gasteiger partial charge in [-0.1, -0.05) is 72.4 Å². The first-order valence-corrected chi connectivity index (χ1v) is 10.3. The molecule has 2 rings (SSSR count). The molecule has 0 amide bonds. The maximum Gasteiger partial charge on any atom is 0.122 e. The number of rotatable bonds is 7. The minimum Gasteiger partial charge on any atom is -0.507 e.